The Balaban J connectivity index is 1.87. The number of nitrogens with one attached hydrogen (secondary N) is 1. The molecule has 1 heterocycles. The van der Waals surface area contributed by atoms with Crippen molar-refractivity contribution in [1.29, 1.82) is 0 Å². The minimum Gasteiger partial charge on any atom is -0.478 e. The predicted molar refractivity (Wildman–Crippen MR) is 76.2 cm³/mol. The van der Waals surface area contributed by atoms with Crippen molar-refractivity contribution in [3.8, 4) is 0 Å². The van der Waals surface area contributed by atoms with Gasteiger partial charge in [-0.05, 0) is 18.1 Å². The summed E-state index contributed by atoms with van der Waals surface area (Å²) in [5.74, 6) is -0.733. The highest BCUT2D eigenvalue weighted by Crippen LogP contribution is 2.33. The number of rotatable bonds is 3. The summed E-state index contributed by atoms with van der Waals surface area (Å²) in [5, 5.41) is 22.2. The highest BCUT2D eigenvalue weighted by Gasteiger charge is 2.31. The van der Waals surface area contributed by atoms with Crippen LogP contribution in [0.1, 0.15) is 33.2 Å². The van der Waals surface area contributed by atoms with Gasteiger partial charge in [0.1, 0.15) is 0 Å². The molecular weight excluding hydrogens is 270 g/mol. The number of carboxylic acids is 1. The summed E-state index contributed by atoms with van der Waals surface area (Å²) >= 11 is 0. The number of aliphatic hydroxyl groups is 1. The lowest BCUT2D eigenvalue weighted by molar-refractivity contribution is 0.0695. The quantitative estimate of drug-likeness (QED) is 0.792. The smallest absolute Gasteiger partial charge is 0.339 e. The lowest BCUT2D eigenvalue weighted by Gasteiger charge is -2.18. The van der Waals surface area contributed by atoms with E-state index in [0.29, 0.717) is 18.1 Å². The first-order valence-electron chi connectivity index (χ1n) is 6.65. The first-order chi connectivity index (χ1) is 10.1. The molecule has 108 valence electrons. The van der Waals surface area contributed by atoms with E-state index in [4.69, 9.17) is 5.11 Å². The molecular formula is C15H15N3O3. The molecule has 0 amide bonds. The van der Waals surface area contributed by atoms with Gasteiger partial charge in [0.25, 0.3) is 0 Å². The minimum atomic E-state index is -1.05. The van der Waals surface area contributed by atoms with E-state index in [9.17, 15) is 9.90 Å². The molecule has 0 aliphatic heterocycles. The number of hydrogen-bond acceptors (Lipinski definition) is 5. The van der Waals surface area contributed by atoms with E-state index in [1.165, 1.54) is 6.20 Å². The van der Waals surface area contributed by atoms with E-state index in [-0.39, 0.29) is 11.6 Å². The van der Waals surface area contributed by atoms with Gasteiger partial charge in [-0.15, -0.1) is 0 Å². The minimum absolute atomic E-state index is 0.0768. The number of carboxylic acid groups (broad SMARTS) is 1. The monoisotopic (exact) mass is 285 g/mol. The first kappa shape index (κ1) is 13.5. The van der Waals surface area contributed by atoms with E-state index in [0.717, 1.165) is 11.1 Å². The largest absolute Gasteiger partial charge is 0.478 e. The van der Waals surface area contributed by atoms with Crippen LogP contribution in [0.5, 0.6) is 0 Å². The van der Waals surface area contributed by atoms with Gasteiger partial charge in [0.15, 0.2) is 0 Å². The molecule has 21 heavy (non-hydrogen) atoms. The number of aromatic carboxylic acids is 1. The maximum absolute atomic E-state index is 11.0. The van der Waals surface area contributed by atoms with Gasteiger partial charge in [-0.3, -0.25) is 0 Å². The number of fused-ring (bicyclic) bond motifs is 1. The standard InChI is InChI=1S/C15H15N3O3/c1-8-11(14(20)21)7-16-15(17-8)18-13-10-5-3-2-4-9(10)6-12(13)19/h2-5,7,12-13,19H,6H2,1H3,(H,20,21)(H,16,17,18)/t12-,13+/m0/s1. The van der Waals surface area contributed by atoms with Crippen molar-refractivity contribution < 1.29 is 15.0 Å². The molecule has 0 saturated heterocycles. The molecule has 0 radical (unpaired) electrons. The second-order valence-corrected chi connectivity index (χ2v) is 5.09. The molecule has 6 nitrogen and oxygen atoms in total. The van der Waals surface area contributed by atoms with Crippen molar-refractivity contribution in [2.45, 2.75) is 25.5 Å². The van der Waals surface area contributed by atoms with E-state index in [1.807, 2.05) is 24.3 Å². The van der Waals surface area contributed by atoms with Crippen LogP contribution in [0.4, 0.5) is 5.95 Å². The fraction of sp³-hybridized carbons (Fsp3) is 0.267. The third-order valence-electron chi connectivity index (χ3n) is 3.70. The number of aliphatic hydroxyl groups excluding tert-OH is 1. The van der Waals surface area contributed by atoms with Gasteiger partial charge in [-0.2, -0.15) is 0 Å². The number of aryl methyl sites for hydroxylation is 1. The summed E-state index contributed by atoms with van der Waals surface area (Å²) < 4.78 is 0. The average molecular weight is 285 g/mol. The Hall–Kier alpha value is -2.47. The molecule has 2 atom stereocenters. The van der Waals surface area contributed by atoms with Gasteiger partial charge in [0.2, 0.25) is 5.95 Å². The van der Waals surface area contributed by atoms with Gasteiger partial charge in [-0.1, -0.05) is 24.3 Å². The molecule has 0 unspecified atom stereocenters. The van der Waals surface area contributed by atoms with Gasteiger partial charge < -0.3 is 15.5 Å². The van der Waals surface area contributed by atoms with Crippen LogP contribution in [0.25, 0.3) is 0 Å². The predicted octanol–water partition coefficient (Wildman–Crippen LogP) is 1.55. The van der Waals surface area contributed by atoms with Crippen LogP contribution in [0.15, 0.2) is 30.5 Å². The molecule has 3 rings (SSSR count). The molecule has 0 spiro atoms. The van der Waals surface area contributed by atoms with Crippen molar-refractivity contribution in [3.63, 3.8) is 0 Å². The zero-order valence-corrected chi connectivity index (χ0v) is 11.4. The van der Waals surface area contributed by atoms with Crippen LogP contribution in [-0.4, -0.2) is 32.3 Å². The molecule has 1 aromatic heterocycles. The third-order valence-corrected chi connectivity index (χ3v) is 3.70. The van der Waals surface area contributed by atoms with E-state index >= 15 is 0 Å². The van der Waals surface area contributed by atoms with Crippen LogP contribution >= 0.6 is 0 Å². The topological polar surface area (TPSA) is 95.3 Å². The Morgan fingerprint density at radius 3 is 2.86 bits per heavy atom. The molecule has 6 heteroatoms. The van der Waals surface area contributed by atoms with Gasteiger partial charge in [0.05, 0.1) is 23.4 Å². The lowest BCUT2D eigenvalue weighted by atomic mass is 10.1. The number of hydrogen-bond donors (Lipinski definition) is 3. The third kappa shape index (κ3) is 2.45. The molecule has 1 aliphatic carbocycles. The molecule has 0 bridgehead atoms. The Kier molecular flexibility index (Phi) is 3.31. The second kappa shape index (κ2) is 5.14. The Labute approximate surface area is 121 Å². The van der Waals surface area contributed by atoms with Gasteiger partial charge in [-0.25, -0.2) is 14.8 Å². The van der Waals surface area contributed by atoms with Crippen molar-refractivity contribution in [3.05, 3.63) is 52.8 Å². The number of anilines is 1. The molecule has 1 aliphatic rings. The van der Waals surface area contributed by atoms with E-state index in [1.54, 1.807) is 6.92 Å². The van der Waals surface area contributed by atoms with Crippen molar-refractivity contribution in [2.24, 2.45) is 0 Å². The normalized spacial score (nSPS) is 20.1. The second-order valence-electron chi connectivity index (χ2n) is 5.09. The zero-order chi connectivity index (χ0) is 15.0. The van der Waals surface area contributed by atoms with Crippen LogP contribution in [-0.2, 0) is 6.42 Å². The number of benzene rings is 1. The van der Waals surface area contributed by atoms with Crippen molar-refractivity contribution in [2.75, 3.05) is 5.32 Å². The Morgan fingerprint density at radius 2 is 2.14 bits per heavy atom. The van der Waals surface area contributed by atoms with Gasteiger partial charge >= 0.3 is 5.97 Å². The fourth-order valence-electron chi connectivity index (χ4n) is 2.63. The summed E-state index contributed by atoms with van der Waals surface area (Å²) in [6, 6.07) is 7.53. The summed E-state index contributed by atoms with van der Waals surface area (Å²) in [7, 11) is 0. The van der Waals surface area contributed by atoms with Crippen molar-refractivity contribution >= 4 is 11.9 Å². The molecule has 2 aromatic rings. The zero-order valence-electron chi connectivity index (χ0n) is 11.4. The average Bonchev–Trinajstić information content (AvgIpc) is 2.75. The molecule has 1 aromatic carbocycles. The van der Waals surface area contributed by atoms with Crippen LogP contribution in [0.2, 0.25) is 0 Å². The highest BCUT2D eigenvalue weighted by atomic mass is 16.4. The number of carbonyl (C=O) groups is 1. The summed E-state index contributed by atoms with van der Waals surface area (Å²) in [6.45, 7) is 1.62. The highest BCUT2D eigenvalue weighted by molar-refractivity contribution is 5.88. The summed E-state index contributed by atoms with van der Waals surface area (Å²) in [6.07, 6.45) is 1.31. The maximum atomic E-state index is 11.0. The maximum Gasteiger partial charge on any atom is 0.339 e. The Morgan fingerprint density at radius 1 is 1.38 bits per heavy atom. The number of nitrogens with zero attached hydrogens (tertiary/aromatic N) is 2. The van der Waals surface area contributed by atoms with E-state index in [2.05, 4.69) is 15.3 Å². The fourth-order valence-corrected chi connectivity index (χ4v) is 2.63. The summed E-state index contributed by atoms with van der Waals surface area (Å²) in [4.78, 5) is 19.1. The van der Waals surface area contributed by atoms with Crippen molar-refractivity contribution in [1.82, 2.24) is 9.97 Å². The molecule has 0 fully saturated rings. The molecule has 0 saturated carbocycles. The first-order valence-corrected chi connectivity index (χ1v) is 6.65. The Bertz CT molecular complexity index is 702. The van der Waals surface area contributed by atoms with Crippen LogP contribution in [0.3, 0.4) is 0 Å². The lowest BCUT2D eigenvalue weighted by Crippen LogP contribution is -2.22. The molecule has 3 N–H and O–H groups in total. The van der Waals surface area contributed by atoms with Gasteiger partial charge in [0, 0.05) is 12.6 Å². The van der Waals surface area contributed by atoms with Crippen LogP contribution in [0, 0.1) is 6.92 Å². The SMILES string of the molecule is Cc1nc(N[C@@H]2c3ccccc3C[C@@H]2O)ncc1C(=O)O. The summed E-state index contributed by atoms with van der Waals surface area (Å²) in [5.41, 5.74) is 2.59. The van der Waals surface area contributed by atoms with Crippen LogP contribution < -0.4 is 5.32 Å². The number of aromatic nitrogens is 2. The van der Waals surface area contributed by atoms with E-state index < -0.39 is 12.1 Å².